The van der Waals surface area contributed by atoms with Crippen LogP contribution in [0.3, 0.4) is 0 Å². The third kappa shape index (κ3) is 5.19. The van der Waals surface area contributed by atoms with Crippen LogP contribution in [0.25, 0.3) is 0 Å². The van der Waals surface area contributed by atoms with Crippen LogP contribution in [0.4, 0.5) is 5.69 Å². The molecule has 0 radical (unpaired) electrons. The Balaban J connectivity index is 2.15. The van der Waals surface area contributed by atoms with E-state index in [0.717, 1.165) is 9.26 Å². The first-order chi connectivity index (χ1) is 10.4. The van der Waals surface area contributed by atoms with Crippen molar-refractivity contribution in [3.63, 3.8) is 0 Å². The summed E-state index contributed by atoms with van der Waals surface area (Å²) >= 11 is 20.0. The summed E-state index contributed by atoms with van der Waals surface area (Å²) in [5.41, 5.74) is 1.24. The molecular formula is C15H12Cl3IN2O. The standard InChI is InChI=1S/C15H12Cl3IN2O/c16-15(17,18)14(20-12-7-2-1-3-8-12)21-13(22)10-5-4-6-11(19)9-10/h1-9,14,20H,(H,21,22)/t14-/m1/s1. The van der Waals surface area contributed by atoms with E-state index in [0.29, 0.717) is 5.56 Å². The molecule has 3 nitrogen and oxygen atoms in total. The maximum Gasteiger partial charge on any atom is 0.253 e. The first kappa shape index (κ1) is 17.7. The molecule has 2 N–H and O–H groups in total. The molecule has 2 rings (SSSR count). The normalized spacial score (nSPS) is 12.5. The van der Waals surface area contributed by atoms with Crippen LogP contribution in [0.15, 0.2) is 54.6 Å². The van der Waals surface area contributed by atoms with Crippen LogP contribution in [0.1, 0.15) is 10.4 Å². The molecule has 7 heteroatoms. The molecule has 116 valence electrons. The van der Waals surface area contributed by atoms with Crippen LogP contribution < -0.4 is 10.6 Å². The second-order valence-electron chi connectivity index (χ2n) is 4.47. The van der Waals surface area contributed by atoms with E-state index in [-0.39, 0.29) is 5.91 Å². The number of amides is 1. The first-order valence-electron chi connectivity index (χ1n) is 6.31. The van der Waals surface area contributed by atoms with Crippen molar-refractivity contribution in [2.45, 2.75) is 9.96 Å². The number of hydrogen-bond acceptors (Lipinski definition) is 2. The Labute approximate surface area is 157 Å². The zero-order valence-corrected chi connectivity index (χ0v) is 15.6. The van der Waals surface area contributed by atoms with Crippen LogP contribution in [0, 0.1) is 3.57 Å². The average molecular weight is 470 g/mol. The predicted octanol–water partition coefficient (Wildman–Crippen LogP) is 4.83. The van der Waals surface area contributed by atoms with Gasteiger partial charge in [-0.15, -0.1) is 0 Å². The number of hydrogen-bond donors (Lipinski definition) is 2. The Hall–Kier alpha value is -0.690. The highest BCUT2D eigenvalue weighted by Crippen LogP contribution is 2.31. The highest BCUT2D eigenvalue weighted by atomic mass is 127. The molecule has 0 heterocycles. The molecule has 0 bridgehead atoms. The van der Waals surface area contributed by atoms with Crippen LogP contribution in [0.2, 0.25) is 0 Å². The number of halogens is 4. The van der Waals surface area contributed by atoms with Gasteiger partial charge >= 0.3 is 0 Å². The molecule has 1 amide bonds. The van der Waals surface area contributed by atoms with Gasteiger partial charge in [-0.3, -0.25) is 4.79 Å². The molecule has 0 saturated heterocycles. The van der Waals surface area contributed by atoms with Crippen molar-refractivity contribution in [1.82, 2.24) is 5.32 Å². The summed E-state index contributed by atoms with van der Waals surface area (Å²) in [6.45, 7) is 0. The van der Waals surface area contributed by atoms with Crippen LogP contribution in [0.5, 0.6) is 0 Å². The Morgan fingerprint density at radius 2 is 1.73 bits per heavy atom. The monoisotopic (exact) mass is 468 g/mol. The summed E-state index contributed by atoms with van der Waals surface area (Å²) in [6, 6.07) is 16.4. The summed E-state index contributed by atoms with van der Waals surface area (Å²) in [7, 11) is 0. The lowest BCUT2D eigenvalue weighted by molar-refractivity contribution is 0.0942. The number of nitrogens with one attached hydrogen (secondary N) is 2. The fourth-order valence-electron chi connectivity index (χ4n) is 1.74. The lowest BCUT2D eigenvalue weighted by Crippen LogP contribution is -2.49. The maximum absolute atomic E-state index is 12.3. The molecule has 2 aromatic rings. The van der Waals surface area contributed by atoms with Crippen molar-refractivity contribution >= 4 is 69.0 Å². The molecular weight excluding hydrogens is 457 g/mol. The van der Waals surface area contributed by atoms with E-state index in [9.17, 15) is 4.79 Å². The molecule has 2 aromatic carbocycles. The molecule has 0 aliphatic heterocycles. The van der Waals surface area contributed by atoms with Gasteiger partial charge in [0.1, 0.15) is 6.17 Å². The van der Waals surface area contributed by atoms with Crippen LogP contribution >= 0.6 is 57.4 Å². The zero-order chi connectivity index (χ0) is 16.2. The van der Waals surface area contributed by atoms with Crippen molar-refractivity contribution in [3.05, 3.63) is 63.7 Å². The van der Waals surface area contributed by atoms with E-state index < -0.39 is 9.96 Å². The molecule has 0 aliphatic rings. The zero-order valence-electron chi connectivity index (χ0n) is 11.2. The minimum absolute atomic E-state index is 0.321. The SMILES string of the molecule is O=C(N[C@@H](Nc1ccccc1)C(Cl)(Cl)Cl)c1cccc(I)c1. The minimum Gasteiger partial charge on any atom is -0.362 e. The number of para-hydroxylation sites is 1. The second-order valence-corrected chi connectivity index (χ2v) is 8.08. The maximum atomic E-state index is 12.3. The van der Waals surface area contributed by atoms with Crippen molar-refractivity contribution in [1.29, 1.82) is 0 Å². The third-order valence-electron chi connectivity index (χ3n) is 2.77. The highest BCUT2D eigenvalue weighted by molar-refractivity contribution is 14.1. The molecule has 0 unspecified atom stereocenters. The molecule has 0 aliphatic carbocycles. The summed E-state index contributed by atoms with van der Waals surface area (Å²) in [4.78, 5) is 12.3. The molecule has 0 saturated carbocycles. The number of rotatable bonds is 4. The van der Waals surface area contributed by atoms with Gasteiger partial charge in [-0.05, 0) is 52.9 Å². The van der Waals surface area contributed by atoms with Gasteiger partial charge in [0.15, 0.2) is 0 Å². The van der Waals surface area contributed by atoms with Crippen LogP contribution in [-0.4, -0.2) is 15.9 Å². The van der Waals surface area contributed by atoms with Crippen molar-refractivity contribution in [2.24, 2.45) is 0 Å². The van der Waals surface area contributed by atoms with E-state index in [1.165, 1.54) is 0 Å². The van der Waals surface area contributed by atoms with E-state index in [1.54, 1.807) is 18.2 Å². The van der Waals surface area contributed by atoms with E-state index in [1.807, 2.05) is 36.4 Å². The number of alkyl halides is 3. The molecule has 0 aromatic heterocycles. The fraction of sp³-hybridized carbons (Fsp3) is 0.133. The molecule has 22 heavy (non-hydrogen) atoms. The second kappa shape index (κ2) is 7.73. The third-order valence-corrected chi connectivity index (χ3v) is 4.10. The van der Waals surface area contributed by atoms with Gasteiger partial charge in [0.2, 0.25) is 3.79 Å². The molecule has 1 atom stereocenters. The summed E-state index contributed by atoms with van der Waals surface area (Å²) in [5, 5.41) is 5.70. The Morgan fingerprint density at radius 3 is 2.32 bits per heavy atom. The van der Waals surface area contributed by atoms with E-state index >= 15 is 0 Å². The van der Waals surface area contributed by atoms with Crippen LogP contribution in [-0.2, 0) is 0 Å². The summed E-state index contributed by atoms with van der Waals surface area (Å²) in [5.74, 6) is -0.321. The number of carbonyl (C=O) groups is 1. The lowest BCUT2D eigenvalue weighted by atomic mass is 10.2. The van der Waals surface area contributed by atoms with E-state index in [2.05, 4.69) is 33.2 Å². The number of benzene rings is 2. The van der Waals surface area contributed by atoms with Crippen molar-refractivity contribution < 1.29 is 4.79 Å². The fourth-order valence-corrected chi connectivity index (χ4v) is 2.62. The first-order valence-corrected chi connectivity index (χ1v) is 8.52. The summed E-state index contributed by atoms with van der Waals surface area (Å²) < 4.78 is -0.750. The van der Waals surface area contributed by atoms with Crippen molar-refractivity contribution in [3.8, 4) is 0 Å². The van der Waals surface area contributed by atoms with Gasteiger partial charge in [-0.1, -0.05) is 59.1 Å². The van der Waals surface area contributed by atoms with Gasteiger partial charge in [0.05, 0.1) is 0 Å². The molecule has 0 spiro atoms. The minimum atomic E-state index is -1.70. The van der Waals surface area contributed by atoms with E-state index in [4.69, 9.17) is 34.8 Å². The lowest BCUT2D eigenvalue weighted by Gasteiger charge is -2.27. The molecule has 0 fully saturated rings. The van der Waals surface area contributed by atoms with Gasteiger partial charge in [-0.25, -0.2) is 0 Å². The van der Waals surface area contributed by atoms with Gasteiger partial charge in [-0.2, -0.15) is 0 Å². The van der Waals surface area contributed by atoms with Gasteiger partial charge in [0.25, 0.3) is 5.91 Å². The topological polar surface area (TPSA) is 41.1 Å². The Morgan fingerprint density at radius 1 is 1.05 bits per heavy atom. The Bertz CT molecular complexity index is 647. The Kier molecular flexibility index (Phi) is 6.20. The predicted molar refractivity (Wildman–Crippen MR) is 101 cm³/mol. The van der Waals surface area contributed by atoms with Gasteiger partial charge < -0.3 is 10.6 Å². The largest absolute Gasteiger partial charge is 0.362 e. The highest BCUT2D eigenvalue weighted by Gasteiger charge is 2.34. The van der Waals surface area contributed by atoms with Crippen molar-refractivity contribution in [2.75, 3.05) is 5.32 Å². The summed E-state index contributed by atoms with van der Waals surface area (Å²) in [6.07, 6.45) is -0.870. The average Bonchev–Trinajstić information content (AvgIpc) is 2.46. The smallest absolute Gasteiger partial charge is 0.253 e. The van der Waals surface area contributed by atoms with Gasteiger partial charge in [0, 0.05) is 14.8 Å². The number of anilines is 1. The number of carbonyl (C=O) groups excluding carboxylic acids is 1. The quantitative estimate of drug-likeness (QED) is 0.383.